The fourth-order valence-corrected chi connectivity index (χ4v) is 2.30. The smallest absolute Gasteiger partial charge is 0.137 e. The van der Waals surface area contributed by atoms with Crippen molar-refractivity contribution in [3.05, 3.63) is 28.3 Å². The van der Waals surface area contributed by atoms with Crippen molar-refractivity contribution in [3.63, 3.8) is 0 Å². The maximum atomic E-state index is 6.16. The first-order valence-electron chi connectivity index (χ1n) is 5.92. The Labute approximate surface area is 109 Å². The molecule has 0 aliphatic rings. The largest absolute Gasteiger partial charge is 0.495 e. The van der Waals surface area contributed by atoms with Gasteiger partial charge in [0.25, 0.3) is 0 Å². The molecule has 0 aromatic heterocycles. The van der Waals surface area contributed by atoms with Crippen LogP contribution < -0.4 is 10.5 Å². The molecular weight excluding hydrogens is 234 g/mol. The maximum absolute atomic E-state index is 6.16. The average molecular weight is 256 g/mol. The Balaban J connectivity index is 2.96. The molecule has 2 nitrogen and oxygen atoms in total. The lowest BCUT2D eigenvalue weighted by Crippen LogP contribution is -2.20. The number of benzene rings is 1. The van der Waals surface area contributed by atoms with Crippen molar-refractivity contribution < 1.29 is 4.74 Å². The van der Waals surface area contributed by atoms with Gasteiger partial charge in [0.05, 0.1) is 12.1 Å². The van der Waals surface area contributed by atoms with Crippen molar-refractivity contribution in [1.29, 1.82) is 0 Å². The third-order valence-corrected chi connectivity index (χ3v) is 3.40. The van der Waals surface area contributed by atoms with Crippen LogP contribution in [0, 0.1) is 12.3 Å². The summed E-state index contributed by atoms with van der Waals surface area (Å²) >= 11 is 6.16. The molecule has 0 amide bonds. The summed E-state index contributed by atoms with van der Waals surface area (Å²) in [4.78, 5) is 0. The van der Waals surface area contributed by atoms with Gasteiger partial charge in [-0.3, -0.25) is 0 Å². The summed E-state index contributed by atoms with van der Waals surface area (Å²) in [6, 6.07) is 4.00. The highest BCUT2D eigenvalue weighted by Crippen LogP contribution is 2.32. The van der Waals surface area contributed by atoms with E-state index in [9.17, 15) is 0 Å². The summed E-state index contributed by atoms with van der Waals surface area (Å²) < 4.78 is 5.21. The van der Waals surface area contributed by atoms with Crippen molar-refractivity contribution in [3.8, 4) is 5.75 Å². The van der Waals surface area contributed by atoms with Gasteiger partial charge in [-0.1, -0.05) is 25.4 Å². The van der Waals surface area contributed by atoms with Crippen LogP contribution in [0.15, 0.2) is 12.1 Å². The van der Waals surface area contributed by atoms with Crippen LogP contribution in [0.4, 0.5) is 0 Å². The Morgan fingerprint density at radius 1 is 1.35 bits per heavy atom. The van der Waals surface area contributed by atoms with Crippen LogP contribution in [0.3, 0.4) is 0 Å². The second-order valence-electron chi connectivity index (χ2n) is 5.29. The average Bonchev–Trinajstić information content (AvgIpc) is 2.22. The molecule has 0 radical (unpaired) electrons. The molecule has 0 unspecified atom stereocenters. The first-order valence-corrected chi connectivity index (χ1v) is 6.30. The van der Waals surface area contributed by atoms with Crippen LogP contribution in [0.2, 0.25) is 5.02 Å². The third-order valence-electron chi connectivity index (χ3n) is 3.10. The number of hydrogen-bond donors (Lipinski definition) is 1. The van der Waals surface area contributed by atoms with Gasteiger partial charge in [-0.25, -0.2) is 0 Å². The summed E-state index contributed by atoms with van der Waals surface area (Å²) in [5, 5.41) is 0.677. The van der Waals surface area contributed by atoms with Crippen LogP contribution in [0.25, 0.3) is 0 Å². The van der Waals surface area contributed by atoms with Crippen molar-refractivity contribution in [2.75, 3.05) is 13.7 Å². The van der Waals surface area contributed by atoms with Crippen LogP contribution in [-0.2, 0) is 6.42 Å². The minimum Gasteiger partial charge on any atom is -0.495 e. The van der Waals surface area contributed by atoms with E-state index < -0.39 is 0 Å². The maximum Gasteiger partial charge on any atom is 0.137 e. The number of halogens is 1. The Morgan fingerprint density at radius 2 is 2.00 bits per heavy atom. The minimum absolute atomic E-state index is 0.206. The lowest BCUT2D eigenvalue weighted by molar-refractivity contribution is 0.338. The van der Waals surface area contributed by atoms with Crippen LogP contribution in [0.1, 0.15) is 31.4 Å². The molecule has 3 heteroatoms. The molecule has 96 valence electrons. The predicted molar refractivity (Wildman–Crippen MR) is 73.9 cm³/mol. The Kier molecular flexibility index (Phi) is 4.84. The van der Waals surface area contributed by atoms with Gasteiger partial charge in [0, 0.05) is 0 Å². The third kappa shape index (κ3) is 3.90. The van der Waals surface area contributed by atoms with E-state index in [1.165, 1.54) is 11.1 Å². The SMILES string of the molecule is COc1cc(C)c(CC(C)(C)CCN)cc1Cl. The van der Waals surface area contributed by atoms with Gasteiger partial charge in [-0.2, -0.15) is 0 Å². The molecule has 1 aromatic carbocycles. The van der Waals surface area contributed by atoms with Crippen LogP contribution in [0.5, 0.6) is 5.75 Å². The fourth-order valence-electron chi connectivity index (χ4n) is 2.04. The van der Waals surface area contributed by atoms with Gasteiger partial charge in [0.2, 0.25) is 0 Å². The highest BCUT2D eigenvalue weighted by molar-refractivity contribution is 6.32. The quantitative estimate of drug-likeness (QED) is 0.873. The van der Waals surface area contributed by atoms with Gasteiger partial charge in [0.1, 0.15) is 5.75 Å². The summed E-state index contributed by atoms with van der Waals surface area (Å²) in [5.74, 6) is 0.740. The van der Waals surface area contributed by atoms with E-state index in [1.807, 2.05) is 12.1 Å². The normalized spacial score (nSPS) is 11.6. The fraction of sp³-hybridized carbons (Fsp3) is 0.571. The van der Waals surface area contributed by atoms with Gasteiger partial charge >= 0.3 is 0 Å². The highest BCUT2D eigenvalue weighted by atomic mass is 35.5. The molecule has 1 aromatic rings. The number of nitrogens with two attached hydrogens (primary N) is 1. The second-order valence-corrected chi connectivity index (χ2v) is 5.70. The molecule has 0 spiro atoms. The standard InChI is InChI=1S/C14H22ClNO/c1-10-7-13(17-4)12(15)8-11(10)9-14(2,3)5-6-16/h7-8H,5-6,9,16H2,1-4H3. The van der Waals surface area contributed by atoms with E-state index >= 15 is 0 Å². The summed E-state index contributed by atoms with van der Waals surface area (Å²) in [7, 11) is 1.64. The van der Waals surface area contributed by atoms with Crippen molar-refractivity contribution >= 4 is 11.6 Å². The molecule has 0 saturated carbocycles. The molecule has 0 aliphatic heterocycles. The lowest BCUT2D eigenvalue weighted by atomic mass is 9.81. The first-order chi connectivity index (χ1) is 7.89. The number of hydrogen-bond acceptors (Lipinski definition) is 2. The van der Waals surface area contributed by atoms with Crippen LogP contribution >= 0.6 is 11.6 Å². The molecule has 0 aliphatic carbocycles. The van der Waals surface area contributed by atoms with E-state index in [4.69, 9.17) is 22.1 Å². The van der Waals surface area contributed by atoms with E-state index in [0.717, 1.165) is 25.1 Å². The molecule has 0 fully saturated rings. The predicted octanol–water partition coefficient (Wildman–Crippen LogP) is 3.57. The molecule has 0 heterocycles. The van der Waals surface area contributed by atoms with Gasteiger partial charge in [-0.15, -0.1) is 0 Å². The van der Waals surface area contributed by atoms with Crippen molar-refractivity contribution in [2.24, 2.45) is 11.1 Å². The van der Waals surface area contributed by atoms with Gasteiger partial charge in [0.15, 0.2) is 0 Å². The monoisotopic (exact) mass is 255 g/mol. The minimum atomic E-state index is 0.206. The van der Waals surface area contributed by atoms with Gasteiger partial charge in [-0.05, 0) is 55.0 Å². The zero-order valence-corrected chi connectivity index (χ0v) is 11.9. The summed E-state index contributed by atoms with van der Waals surface area (Å²) in [6.45, 7) is 7.28. The highest BCUT2D eigenvalue weighted by Gasteiger charge is 2.19. The van der Waals surface area contributed by atoms with Crippen molar-refractivity contribution in [2.45, 2.75) is 33.6 Å². The number of ether oxygens (including phenoxy) is 1. The zero-order valence-electron chi connectivity index (χ0n) is 11.1. The Morgan fingerprint density at radius 3 is 2.53 bits per heavy atom. The molecule has 1 rings (SSSR count). The van der Waals surface area contributed by atoms with Gasteiger partial charge < -0.3 is 10.5 Å². The second kappa shape index (κ2) is 5.74. The van der Waals surface area contributed by atoms with E-state index in [1.54, 1.807) is 7.11 Å². The summed E-state index contributed by atoms with van der Waals surface area (Å²) in [6.07, 6.45) is 2.00. The number of methoxy groups -OCH3 is 1. The molecule has 0 bridgehead atoms. The first kappa shape index (κ1) is 14.3. The molecule has 0 saturated heterocycles. The van der Waals surface area contributed by atoms with E-state index in [2.05, 4.69) is 20.8 Å². The van der Waals surface area contributed by atoms with E-state index in [0.29, 0.717) is 5.02 Å². The molecular formula is C14H22ClNO. The number of rotatable bonds is 5. The molecule has 2 N–H and O–H groups in total. The van der Waals surface area contributed by atoms with E-state index in [-0.39, 0.29) is 5.41 Å². The lowest BCUT2D eigenvalue weighted by Gasteiger charge is -2.25. The Hall–Kier alpha value is -0.730. The topological polar surface area (TPSA) is 35.2 Å². The van der Waals surface area contributed by atoms with Crippen LogP contribution in [-0.4, -0.2) is 13.7 Å². The molecule has 17 heavy (non-hydrogen) atoms. The zero-order chi connectivity index (χ0) is 13.1. The summed E-state index contributed by atoms with van der Waals surface area (Å²) in [5.41, 5.74) is 8.33. The Bertz CT molecular complexity index is 388. The number of aryl methyl sites for hydroxylation is 1. The molecule has 0 atom stereocenters. The van der Waals surface area contributed by atoms with Crippen molar-refractivity contribution in [1.82, 2.24) is 0 Å².